The maximum absolute atomic E-state index is 12.4. The van der Waals surface area contributed by atoms with Crippen LogP contribution >= 0.6 is 11.8 Å². The molecule has 0 unspecified atom stereocenters. The molecule has 1 N–H and O–H groups in total. The second-order valence-electron chi connectivity index (χ2n) is 7.07. The lowest BCUT2D eigenvalue weighted by molar-refractivity contribution is -0.113. The van der Waals surface area contributed by atoms with Crippen molar-refractivity contribution in [2.75, 3.05) is 42.3 Å². The van der Waals surface area contributed by atoms with E-state index in [4.69, 9.17) is 4.74 Å². The van der Waals surface area contributed by atoms with Crippen LogP contribution in [0.25, 0.3) is 0 Å². The van der Waals surface area contributed by atoms with E-state index in [1.807, 2.05) is 32.0 Å². The SMILES string of the molecule is Cc1cccc(NC(=O)CSc2nnc(N3CCOCC3)n2C2CC2)c1C. The van der Waals surface area contributed by atoms with Gasteiger partial charge in [-0.05, 0) is 43.9 Å². The summed E-state index contributed by atoms with van der Waals surface area (Å²) in [4.78, 5) is 14.7. The van der Waals surface area contributed by atoms with Crippen LogP contribution in [0.1, 0.15) is 30.0 Å². The number of amides is 1. The summed E-state index contributed by atoms with van der Waals surface area (Å²) in [6.45, 7) is 7.18. The minimum absolute atomic E-state index is 0.0213. The lowest BCUT2D eigenvalue weighted by Gasteiger charge is -2.27. The molecule has 2 heterocycles. The third-order valence-electron chi connectivity index (χ3n) is 5.06. The van der Waals surface area contributed by atoms with Gasteiger partial charge >= 0.3 is 0 Å². The maximum atomic E-state index is 12.4. The predicted molar refractivity (Wildman–Crippen MR) is 107 cm³/mol. The van der Waals surface area contributed by atoms with Gasteiger partial charge in [0.2, 0.25) is 11.9 Å². The molecule has 8 heteroatoms. The van der Waals surface area contributed by atoms with Crippen LogP contribution in [0.2, 0.25) is 0 Å². The zero-order valence-electron chi connectivity index (χ0n) is 15.8. The first-order valence-corrected chi connectivity index (χ1v) is 10.4. The number of carbonyl (C=O) groups is 1. The van der Waals surface area contributed by atoms with Crippen LogP contribution in [-0.4, -0.2) is 52.7 Å². The Hall–Kier alpha value is -2.06. The van der Waals surface area contributed by atoms with Gasteiger partial charge in [0.05, 0.1) is 19.0 Å². The first-order chi connectivity index (χ1) is 13.1. The normalized spacial score (nSPS) is 17.2. The topological polar surface area (TPSA) is 72.3 Å². The number of carbonyl (C=O) groups excluding carboxylic acids is 1. The number of hydrogen-bond acceptors (Lipinski definition) is 6. The molecule has 1 saturated carbocycles. The van der Waals surface area contributed by atoms with Crippen LogP contribution in [0, 0.1) is 13.8 Å². The molecule has 2 aliphatic rings. The molecule has 27 heavy (non-hydrogen) atoms. The minimum atomic E-state index is -0.0213. The maximum Gasteiger partial charge on any atom is 0.234 e. The van der Waals surface area contributed by atoms with Crippen LogP contribution in [0.4, 0.5) is 11.6 Å². The Labute approximate surface area is 163 Å². The summed E-state index contributed by atoms with van der Waals surface area (Å²) in [5, 5.41) is 12.6. The molecule has 1 saturated heterocycles. The first kappa shape index (κ1) is 18.3. The van der Waals surface area contributed by atoms with Crippen molar-refractivity contribution in [1.82, 2.24) is 14.8 Å². The zero-order valence-corrected chi connectivity index (χ0v) is 16.6. The lowest BCUT2D eigenvalue weighted by Crippen LogP contribution is -2.38. The quantitative estimate of drug-likeness (QED) is 0.769. The van der Waals surface area contributed by atoms with Crippen molar-refractivity contribution in [1.29, 1.82) is 0 Å². The van der Waals surface area contributed by atoms with Crippen molar-refractivity contribution in [3.05, 3.63) is 29.3 Å². The Morgan fingerprint density at radius 2 is 2.04 bits per heavy atom. The number of aromatic nitrogens is 3. The third-order valence-corrected chi connectivity index (χ3v) is 6.01. The van der Waals surface area contributed by atoms with Crippen molar-refractivity contribution >= 4 is 29.3 Å². The van der Waals surface area contributed by atoms with E-state index in [-0.39, 0.29) is 5.91 Å². The summed E-state index contributed by atoms with van der Waals surface area (Å²) in [7, 11) is 0. The van der Waals surface area contributed by atoms with Gasteiger partial charge in [-0.1, -0.05) is 23.9 Å². The number of aryl methyl sites for hydroxylation is 1. The van der Waals surface area contributed by atoms with E-state index >= 15 is 0 Å². The van der Waals surface area contributed by atoms with Crippen molar-refractivity contribution < 1.29 is 9.53 Å². The highest BCUT2D eigenvalue weighted by Crippen LogP contribution is 2.41. The van der Waals surface area contributed by atoms with Gasteiger partial charge in [-0.15, -0.1) is 10.2 Å². The standard InChI is InChI=1S/C19H25N5O2S/c1-13-4-3-5-16(14(13)2)20-17(25)12-27-19-22-21-18(24(19)15-6-7-15)23-8-10-26-11-9-23/h3-5,15H,6-12H2,1-2H3,(H,20,25). The van der Waals surface area contributed by atoms with Crippen molar-refractivity contribution in [3.8, 4) is 0 Å². The van der Waals surface area contributed by atoms with Crippen molar-refractivity contribution in [3.63, 3.8) is 0 Å². The number of hydrogen-bond donors (Lipinski definition) is 1. The third kappa shape index (κ3) is 4.11. The van der Waals surface area contributed by atoms with Crippen molar-refractivity contribution in [2.24, 2.45) is 0 Å². The van der Waals surface area contributed by atoms with Gasteiger partial charge in [0.25, 0.3) is 0 Å². The Kier molecular flexibility index (Phi) is 5.36. The van der Waals surface area contributed by atoms with Gasteiger partial charge in [-0.25, -0.2) is 0 Å². The van der Waals surface area contributed by atoms with Crippen LogP contribution in [0.5, 0.6) is 0 Å². The second kappa shape index (κ2) is 7.90. The molecule has 7 nitrogen and oxygen atoms in total. The number of nitrogens with one attached hydrogen (secondary N) is 1. The molecule has 1 aromatic carbocycles. The van der Waals surface area contributed by atoms with Gasteiger partial charge in [0, 0.05) is 24.8 Å². The number of rotatable bonds is 6. The molecule has 0 spiro atoms. The fraction of sp³-hybridized carbons (Fsp3) is 0.526. The molecular weight excluding hydrogens is 362 g/mol. The summed E-state index contributed by atoms with van der Waals surface area (Å²) < 4.78 is 7.65. The molecule has 2 aromatic rings. The average Bonchev–Trinajstić information content (AvgIpc) is 3.43. The molecule has 1 amide bonds. The number of morpholine rings is 1. The molecule has 4 rings (SSSR count). The number of anilines is 2. The number of thioether (sulfide) groups is 1. The highest BCUT2D eigenvalue weighted by Gasteiger charge is 2.32. The van der Waals surface area contributed by atoms with Crippen LogP contribution in [0.15, 0.2) is 23.4 Å². The fourth-order valence-electron chi connectivity index (χ4n) is 3.20. The molecule has 0 radical (unpaired) electrons. The molecule has 144 valence electrons. The monoisotopic (exact) mass is 387 g/mol. The van der Waals surface area contributed by atoms with E-state index in [0.717, 1.165) is 61.5 Å². The van der Waals surface area contributed by atoms with Gasteiger partial charge < -0.3 is 15.0 Å². The average molecular weight is 388 g/mol. The van der Waals surface area contributed by atoms with Gasteiger partial charge in [-0.3, -0.25) is 9.36 Å². The number of benzene rings is 1. The Morgan fingerprint density at radius 1 is 1.26 bits per heavy atom. The Morgan fingerprint density at radius 3 is 2.78 bits per heavy atom. The molecule has 0 bridgehead atoms. The van der Waals surface area contributed by atoms with Crippen molar-refractivity contribution in [2.45, 2.75) is 37.9 Å². The largest absolute Gasteiger partial charge is 0.378 e. The predicted octanol–water partition coefficient (Wildman–Crippen LogP) is 2.80. The second-order valence-corrected chi connectivity index (χ2v) is 8.01. The van der Waals surface area contributed by atoms with E-state index in [2.05, 4.69) is 25.0 Å². The minimum Gasteiger partial charge on any atom is -0.378 e. The molecule has 0 atom stereocenters. The van der Waals surface area contributed by atoms with E-state index in [1.54, 1.807) is 0 Å². The molecule has 2 fully saturated rings. The fourth-order valence-corrected chi connectivity index (χ4v) is 4.00. The van der Waals surface area contributed by atoms with E-state index in [9.17, 15) is 4.79 Å². The highest BCUT2D eigenvalue weighted by atomic mass is 32.2. The van der Waals surface area contributed by atoms with Gasteiger partial charge in [-0.2, -0.15) is 0 Å². The van der Waals surface area contributed by atoms with Crippen LogP contribution in [-0.2, 0) is 9.53 Å². The Balaban J connectivity index is 1.43. The van der Waals surface area contributed by atoms with E-state index in [0.29, 0.717) is 11.8 Å². The number of nitrogens with zero attached hydrogens (tertiary/aromatic N) is 4. The number of ether oxygens (including phenoxy) is 1. The molecule has 1 aliphatic carbocycles. The lowest BCUT2D eigenvalue weighted by atomic mass is 10.1. The summed E-state index contributed by atoms with van der Waals surface area (Å²) in [5.74, 6) is 1.21. The summed E-state index contributed by atoms with van der Waals surface area (Å²) in [6.07, 6.45) is 2.30. The summed E-state index contributed by atoms with van der Waals surface area (Å²) >= 11 is 1.46. The summed E-state index contributed by atoms with van der Waals surface area (Å²) in [6, 6.07) is 6.41. The zero-order chi connectivity index (χ0) is 18.8. The van der Waals surface area contributed by atoms with E-state index < -0.39 is 0 Å². The molecule has 1 aromatic heterocycles. The van der Waals surface area contributed by atoms with Crippen LogP contribution < -0.4 is 10.2 Å². The molecule has 1 aliphatic heterocycles. The van der Waals surface area contributed by atoms with E-state index in [1.165, 1.54) is 17.3 Å². The smallest absolute Gasteiger partial charge is 0.234 e. The summed E-state index contributed by atoms with van der Waals surface area (Å²) in [5.41, 5.74) is 3.15. The van der Waals surface area contributed by atoms with Gasteiger partial charge in [0.15, 0.2) is 5.16 Å². The highest BCUT2D eigenvalue weighted by molar-refractivity contribution is 7.99. The van der Waals surface area contributed by atoms with Crippen LogP contribution in [0.3, 0.4) is 0 Å². The van der Waals surface area contributed by atoms with Gasteiger partial charge in [0.1, 0.15) is 0 Å². The first-order valence-electron chi connectivity index (χ1n) is 9.40. The Bertz CT molecular complexity index is 828. The molecular formula is C19H25N5O2S.